The summed E-state index contributed by atoms with van der Waals surface area (Å²) in [4.78, 5) is 1.76. The summed E-state index contributed by atoms with van der Waals surface area (Å²) in [5.74, 6) is -0.579. The fourth-order valence-electron chi connectivity index (χ4n) is 3.42. The topological polar surface area (TPSA) is 83.6 Å². The number of hydrogen-bond donors (Lipinski definition) is 2. The summed E-state index contributed by atoms with van der Waals surface area (Å²) in [6.07, 6.45) is 2.80. The monoisotopic (exact) mass is 300 g/mol. The molecule has 0 radical (unpaired) electrons. The molecule has 5 nitrogen and oxygen atoms in total. The van der Waals surface area contributed by atoms with E-state index in [4.69, 9.17) is 5.14 Å². The maximum absolute atomic E-state index is 14.2. The average Bonchev–Trinajstić information content (AvgIpc) is 2.61. The molecule has 2 saturated heterocycles. The molecule has 3 N–H and O–H groups in total. The van der Waals surface area contributed by atoms with Crippen LogP contribution in [0.1, 0.15) is 25.7 Å². The molecule has 2 heterocycles. The van der Waals surface area contributed by atoms with Crippen molar-refractivity contribution in [1.82, 2.24) is 0 Å². The molecule has 0 saturated carbocycles. The standard InChI is InChI=1S/C13H17FN2O3S/c14-12-7-11(20(15,18)19)3-4-13(12)16-8-1-2-9(16)6-10(17)5-8/h3-4,7-10,17H,1-2,5-6H2,(H2,15,18,19). The molecule has 2 fully saturated rings. The summed E-state index contributed by atoms with van der Waals surface area (Å²) in [6.45, 7) is 0. The van der Waals surface area contributed by atoms with Gasteiger partial charge < -0.3 is 10.0 Å². The zero-order chi connectivity index (χ0) is 14.5. The van der Waals surface area contributed by atoms with E-state index in [1.807, 2.05) is 4.90 Å². The van der Waals surface area contributed by atoms with E-state index in [1.165, 1.54) is 12.1 Å². The molecule has 2 atom stereocenters. The Morgan fingerprint density at radius 3 is 2.35 bits per heavy atom. The smallest absolute Gasteiger partial charge is 0.238 e. The number of benzene rings is 1. The van der Waals surface area contributed by atoms with Gasteiger partial charge in [0.1, 0.15) is 5.82 Å². The number of primary sulfonamides is 1. The minimum atomic E-state index is -3.89. The van der Waals surface area contributed by atoms with Gasteiger partial charge in [-0.1, -0.05) is 0 Å². The highest BCUT2D eigenvalue weighted by Gasteiger charge is 2.41. The summed E-state index contributed by atoms with van der Waals surface area (Å²) in [5.41, 5.74) is 0.400. The second-order valence-corrected chi connectivity index (χ2v) is 7.14. The molecule has 1 aromatic carbocycles. The van der Waals surface area contributed by atoms with Gasteiger partial charge in [0.2, 0.25) is 10.0 Å². The lowest BCUT2D eigenvalue weighted by atomic mass is 9.99. The largest absolute Gasteiger partial charge is 0.393 e. The van der Waals surface area contributed by atoms with Gasteiger partial charge in [-0.2, -0.15) is 0 Å². The Morgan fingerprint density at radius 2 is 1.85 bits per heavy atom. The van der Waals surface area contributed by atoms with E-state index < -0.39 is 15.8 Å². The van der Waals surface area contributed by atoms with E-state index in [0.717, 1.165) is 18.9 Å². The normalized spacial score (nSPS) is 29.8. The lowest BCUT2D eigenvalue weighted by molar-refractivity contribution is 0.126. The molecule has 2 aliphatic heterocycles. The predicted octanol–water partition coefficient (Wildman–Crippen LogP) is 0.965. The van der Waals surface area contributed by atoms with Gasteiger partial charge in [0.15, 0.2) is 0 Å². The molecule has 2 aliphatic rings. The molecule has 2 unspecified atom stereocenters. The summed E-state index contributed by atoms with van der Waals surface area (Å²) in [7, 11) is -3.89. The van der Waals surface area contributed by atoms with Crippen molar-refractivity contribution in [1.29, 1.82) is 0 Å². The predicted molar refractivity (Wildman–Crippen MR) is 72.3 cm³/mol. The van der Waals surface area contributed by atoms with Crippen LogP contribution < -0.4 is 10.0 Å². The van der Waals surface area contributed by atoms with Gasteiger partial charge in [-0.15, -0.1) is 0 Å². The van der Waals surface area contributed by atoms with Crippen molar-refractivity contribution in [3.63, 3.8) is 0 Å². The molecule has 0 aromatic heterocycles. The number of aliphatic hydroxyl groups excluding tert-OH is 1. The Balaban J connectivity index is 1.96. The van der Waals surface area contributed by atoms with Gasteiger partial charge >= 0.3 is 0 Å². The summed E-state index contributed by atoms with van der Waals surface area (Å²) in [6, 6.07) is 4.02. The Hall–Kier alpha value is -1.18. The number of nitrogens with two attached hydrogens (primary N) is 1. The van der Waals surface area contributed by atoms with Crippen LogP contribution in [0.2, 0.25) is 0 Å². The number of anilines is 1. The first kappa shape index (κ1) is 13.8. The molecule has 3 rings (SSSR count). The first-order chi connectivity index (χ1) is 9.36. The third-order valence-corrected chi connectivity index (χ3v) is 5.15. The van der Waals surface area contributed by atoms with Crippen LogP contribution in [-0.2, 0) is 10.0 Å². The maximum Gasteiger partial charge on any atom is 0.238 e. The first-order valence-electron chi connectivity index (χ1n) is 6.65. The van der Waals surface area contributed by atoms with Crippen LogP contribution >= 0.6 is 0 Å². The average molecular weight is 300 g/mol. The number of sulfonamides is 1. The molecular formula is C13H17FN2O3S. The molecule has 0 amide bonds. The van der Waals surface area contributed by atoms with E-state index in [1.54, 1.807) is 0 Å². The fraction of sp³-hybridized carbons (Fsp3) is 0.538. The molecule has 1 aromatic rings. The van der Waals surface area contributed by atoms with Crippen molar-refractivity contribution in [2.24, 2.45) is 5.14 Å². The second-order valence-electron chi connectivity index (χ2n) is 5.58. The van der Waals surface area contributed by atoms with Crippen LogP contribution in [0.3, 0.4) is 0 Å². The SMILES string of the molecule is NS(=O)(=O)c1ccc(N2C3CCC2CC(O)C3)c(F)c1. The number of halogens is 1. The van der Waals surface area contributed by atoms with Crippen LogP contribution in [0.25, 0.3) is 0 Å². The second kappa shape index (κ2) is 4.68. The van der Waals surface area contributed by atoms with Crippen molar-refractivity contribution in [2.45, 2.75) is 48.8 Å². The number of piperidine rings is 1. The van der Waals surface area contributed by atoms with Gasteiger partial charge in [0.05, 0.1) is 16.7 Å². The van der Waals surface area contributed by atoms with Gasteiger partial charge in [-0.3, -0.25) is 0 Å². The third-order valence-electron chi connectivity index (χ3n) is 4.23. The molecule has 7 heteroatoms. The van der Waals surface area contributed by atoms with Gasteiger partial charge in [0, 0.05) is 12.1 Å². The quantitative estimate of drug-likeness (QED) is 0.852. The highest BCUT2D eigenvalue weighted by molar-refractivity contribution is 7.89. The van der Waals surface area contributed by atoms with Gasteiger partial charge in [0.25, 0.3) is 0 Å². The number of hydrogen-bond acceptors (Lipinski definition) is 4. The fourth-order valence-corrected chi connectivity index (χ4v) is 3.94. The zero-order valence-corrected chi connectivity index (χ0v) is 11.7. The minimum Gasteiger partial charge on any atom is -0.393 e. The van der Waals surface area contributed by atoms with Crippen LogP contribution in [-0.4, -0.2) is 31.7 Å². The lowest BCUT2D eigenvalue weighted by Gasteiger charge is -2.39. The van der Waals surface area contributed by atoms with Crippen LogP contribution in [0.5, 0.6) is 0 Å². The van der Waals surface area contributed by atoms with Crippen LogP contribution in [0, 0.1) is 5.82 Å². The third kappa shape index (κ3) is 2.30. The Bertz CT molecular complexity index is 621. The zero-order valence-electron chi connectivity index (χ0n) is 10.9. The minimum absolute atomic E-state index is 0.124. The molecule has 20 heavy (non-hydrogen) atoms. The highest BCUT2D eigenvalue weighted by Crippen LogP contribution is 2.40. The molecule has 0 aliphatic carbocycles. The number of aliphatic hydroxyl groups is 1. The van der Waals surface area contributed by atoms with Crippen molar-refractivity contribution in [2.75, 3.05) is 4.90 Å². The van der Waals surface area contributed by atoms with Gasteiger partial charge in [-0.25, -0.2) is 17.9 Å². The highest BCUT2D eigenvalue weighted by atomic mass is 32.2. The molecule has 0 spiro atoms. The van der Waals surface area contributed by atoms with E-state index in [-0.39, 0.29) is 23.1 Å². The molecule has 110 valence electrons. The Labute approximate surface area is 117 Å². The molecule has 2 bridgehead atoms. The summed E-state index contributed by atoms with van der Waals surface area (Å²) >= 11 is 0. The van der Waals surface area contributed by atoms with Crippen molar-refractivity contribution in [3.05, 3.63) is 24.0 Å². The van der Waals surface area contributed by atoms with E-state index >= 15 is 0 Å². The van der Waals surface area contributed by atoms with Crippen molar-refractivity contribution >= 4 is 15.7 Å². The number of rotatable bonds is 2. The summed E-state index contributed by atoms with van der Waals surface area (Å²) < 4.78 is 36.7. The van der Waals surface area contributed by atoms with Crippen molar-refractivity contribution < 1.29 is 17.9 Å². The van der Waals surface area contributed by atoms with Crippen LogP contribution in [0.15, 0.2) is 23.1 Å². The number of nitrogens with zero attached hydrogens (tertiary/aromatic N) is 1. The van der Waals surface area contributed by atoms with Crippen LogP contribution in [0.4, 0.5) is 10.1 Å². The Morgan fingerprint density at radius 1 is 1.25 bits per heavy atom. The molecular weight excluding hydrogens is 283 g/mol. The Kier molecular flexibility index (Phi) is 3.23. The number of fused-ring (bicyclic) bond motifs is 2. The lowest BCUT2D eigenvalue weighted by Crippen LogP contribution is -2.45. The maximum atomic E-state index is 14.2. The van der Waals surface area contributed by atoms with E-state index in [2.05, 4.69) is 0 Å². The summed E-state index contributed by atoms with van der Waals surface area (Å²) in [5, 5.41) is 14.8. The van der Waals surface area contributed by atoms with Crippen molar-refractivity contribution in [3.8, 4) is 0 Å². The van der Waals surface area contributed by atoms with E-state index in [9.17, 15) is 17.9 Å². The first-order valence-corrected chi connectivity index (χ1v) is 8.19. The van der Waals surface area contributed by atoms with Gasteiger partial charge in [-0.05, 0) is 43.9 Å². The van der Waals surface area contributed by atoms with E-state index in [0.29, 0.717) is 18.5 Å².